The van der Waals surface area contributed by atoms with Crippen LogP contribution in [0.3, 0.4) is 0 Å². The molecule has 12 heavy (non-hydrogen) atoms. The van der Waals surface area contributed by atoms with Gasteiger partial charge in [-0.1, -0.05) is 50.7 Å². The molecule has 0 aliphatic heterocycles. The number of ether oxygens (including phenoxy) is 1. The number of halogens is 4. The predicted octanol–water partition coefficient (Wildman–Crippen LogP) is 2.48. The van der Waals surface area contributed by atoms with Crippen molar-refractivity contribution in [2.75, 3.05) is 18.5 Å². The van der Waals surface area contributed by atoms with E-state index in [1.54, 1.807) is 0 Å². The zero-order chi connectivity index (χ0) is 9.61. The van der Waals surface area contributed by atoms with Crippen LogP contribution in [0.25, 0.3) is 0 Å². The first-order chi connectivity index (χ1) is 5.45. The van der Waals surface area contributed by atoms with Crippen molar-refractivity contribution in [1.29, 1.82) is 0 Å². The molecule has 0 fully saturated rings. The molecule has 0 unspecified atom stereocenters. The van der Waals surface area contributed by atoms with Crippen LogP contribution in [-0.2, 0) is 4.74 Å². The monoisotopic (exact) mass is 297 g/mol. The van der Waals surface area contributed by atoms with Crippen LogP contribution in [0.15, 0.2) is 0 Å². The maximum Gasteiger partial charge on any atom is 0.407 e. The molecule has 0 radical (unpaired) electrons. The summed E-state index contributed by atoms with van der Waals surface area (Å²) in [4.78, 5) is 10.7. The molecule has 0 atom stereocenters. The van der Waals surface area contributed by atoms with Gasteiger partial charge in [0.2, 0.25) is 3.79 Å². The van der Waals surface area contributed by atoms with E-state index >= 15 is 0 Å². The molecule has 0 aliphatic rings. The topological polar surface area (TPSA) is 38.3 Å². The number of amides is 1. The molecule has 0 rings (SSSR count). The van der Waals surface area contributed by atoms with Crippen LogP contribution in [0.2, 0.25) is 0 Å². The fraction of sp³-hybridized carbons (Fsp3) is 0.800. The number of hydrogen-bond acceptors (Lipinski definition) is 2. The molecule has 1 amide bonds. The molecular formula is C5H7BrCl3NO2. The first-order valence-electron chi connectivity index (χ1n) is 2.99. The molecule has 0 aliphatic carbocycles. The summed E-state index contributed by atoms with van der Waals surface area (Å²) < 4.78 is 3.13. The highest BCUT2D eigenvalue weighted by molar-refractivity contribution is 9.09. The molecule has 0 heterocycles. The molecule has 7 heteroatoms. The summed E-state index contributed by atoms with van der Waals surface area (Å²) in [7, 11) is 0. The highest BCUT2D eigenvalue weighted by Crippen LogP contribution is 2.24. The molecular weight excluding hydrogens is 292 g/mol. The lowest BCUT2D eigenvalue weighted by Crippen LogP contribution is -2.32. The summed E-state index contributed by atoms with van der Waals surface area (Å²) in [6, 6.07) is 0. The maximum absolute atomic E-state index is 10.7. The number of alkyl carbamates (subject to hydrolysis) is 1. The fourth-order valence-electron chi connectivity index (χ4n) is 0.355. The van der Waals surface area contributed by atoms with Crippen LogP contribution >= 0.6 is 50.7 Å². The Morgan fingerprint density at radius 2 is 2.08 bits per heavy atom. The average Bonchev–Trinajstić information content (AvgIpc) is 1.95. The minimum Gasteiger partial charge on any atom is -0.449 e. The lowest BCUT2D eigenvalue weighted by molar-refractivity contribution is 0.154. The molecule has 0 aromatic heterocycles. The molecule has 0 spiro atoms. The van der Waals surface area contributed by atoms with Crippen LogP contribution in [0.5, 0.6) is 0 Å². The summed E-state index contributed by atoms with van der Waals surface area (Å²) in [5.41, 5.74) is 0. The van der Waals surface area contributed by atoms with Gasteiger partial charge < -0.3 is 10.1 Å². The van der Waals surface area contributed by atoms with Crippen LogP contribution in [-0.4, -0.2) is 28.4 Å². The van der Waals surface area contributed by atoms with Crippen molar-refractivity contribution in [2.24, 2.45) is 0 Å². The van der Waals surface area contributed by atoms with E-state index in [2.05, 4.69) is 26.0 Å². The quantitative estimate of drug-likeness (QED) is 0.813. The van der Waals surface area contributed by atoms with E-state index in [-0.39, 0.29) is 13.2 Å². The van der Waals surface area contributed by atoms with Gasteiger partial charge in [-0.25, -0.2) is 4.79 Å². The van der Waals surface area contributed by atoms with Gasteiger partial charge in [-0.2, -0.15) is 0 Å². The van der Waals surface area contributed by atoms with E-state index in [0.717, 1.165) is 0 Å². The standard InChI is InChI=1S/C5H7BrCl3NO2/c6-1-2-12-4(11)10-3-5(7,8)9/h1-3H2,(H,10,11). The molecule has 72 valence electrons. The minimum absolute atomic E-state index is 0.0706. The third-order valence-electron chi connectivity index (χ3n) is 0.743. The molecule has 0 aromatic rings. The lowest BCUT2D eigenvalue weighted by Gasteiger charge is -2.11. The fourth-order valence-corrected chi connectivity index (χ4v) is 0.717. The SMILES string of the molecule is O=C(NCC(Cl)(Cl)Cl)OCCBr. The Hall–Kier alpha value is 0.620. The zero-order valence-corrected chi connectivity index (χ0v) is 9.80. The molecule has 0 bridgehead atoms. The van der Waals surface area contributed by atoms with E-state index in [0.29, 0.717) is 5.33 Å². The second kappa shape index (κ2) is 6.13. The number of nitrogens with one attached hydrogen (secondary N) is 1. The Bertz CT molecular complexity index is 150. The Labute approximate surface area is 93.8 Å². The smallest absolute Gasteiger partial charge is 0.407 e. The lowest BCUT2D eigenvalue weighted by atomic mass is 10.7. The molecule has 0 saturated heterocycles. The number of carbonyl (C=O) groups is 1. The average molecular weight is 299 g/mol. The minimum atomic E-state index is -1.48. The summed E-state index contributed by atoms with van der Waals surface area (Å²) in [6.45, 7) is 0.213. The molecule has 0 saturated carbocycles. The second-order valence-corrected chi connectivity index (χ2v) is 5.10. The molecule has 1 N–H and O–H groups in total. The highest BCUT2D eigenvalue weighted by atomic mass is 79.9. The number of hydrogen-bond donors (Lipinski definition) is 1. The first kappa shape index (κ1) is 12.6. The largest absolute Gasteiger partial charge is 0.449 e. The van der Waals surface area contributed by atoms with Crippen molar-refractivity contribution in [3.05, 3.63) is 0 Å². The maximum atomic E-state index is 10.7. The van der Waals surface area contributed by atoms with Crippen molar-refractivity contribution < 1.29 is 9.53 Å². The Kier molecular flexibility index (Phi) is 6.45. The van der Waals surface area contributed by atoms with E-state index in [4.69, 9.17) is 34.8 Å². The third-order valence-corrected chi connectivity index (χ3v) is 1.47. The van der Waals surface area contributed by atoms with E-state index in [1.807, 2.05) is 0 Å². The van der Waals surface area contributed by atoms with Crippen LogP contribution < -0.4 is 5.32 Å². The van der Waals surface area contributed by atoms with E-state index < -0.39 is 9.89 Å². The van der Waals surface area contributed by atoms with Crippen LogP contribution in [0.1, 0.15) is 0 Å². The Balaban J connectivity index is 3.44. The number of rotatable bonds is 3. The van der Waals surface area contributed by atoms with Gasteiger partial charge in [0.15, 0.2) is 0 Å². The summed E-state index contributed by atoms with van der Waals surface area (Å²) in [5.74, 6) is 0. The van der Waals surface area contributed by atoms with E-state index in [1.165, 1.54) is 0 Å². The van der Waals surface area contributed by atoms with E-state index in [9.17, 15) is 4.79 Å². The van der Waals surface area contributed by atoms with Gasteiger partial charge >= 0.3 is 6.09 Å². The summed E-state index contributed by atoms with van der Waals surface area (Å²) in [6.07, 6.45) is -0.597. The molecule has 3 nitrogen and oxygen atoms in total. The van der Waals surface area contributed by atoms with Crippen molar-refractivity contribution in [2.45, 2.75) is 3.79 Å². The zero-order valence-electron chi connectivity index (χ0n) is 5.95. The third kappa shape index (κ3) is 8.71. The van der Waals surface area contributed by atoms with Crippen molar-refractivity contribution in [3.8, 4) is 0 Å². The first-order valence-corrected chi connectivity index (χ1v) is 5.24. The van der Waals surface area contributed by atoms with Gasteiger partial charge in [0.1, 0.15) is 6.61 Å². The summed E-state index contributed by atoms with van der Waals surface area (Å²) in [5, 5.41) is 2.86. The van der Waals surface area contributed by atoms with Gasteiger partial charge in [-0.05, 0) is 0 Å². The Morgan fingerprint density at radius 3 is 2.50 bits per heavy atom. The van der Waals surface area contributed by atoms with Crippen molar-refractivity contribution >= 4 is 56.8 Å². The Morgan fingerprint density at radius 1 is 1.50 bits per heavy atom. The predicted molar refractivity (Wildman–Crippen MR) is 53.4 cm³/mol. The summed E-state index contributed by atoms with van der Waals surface area (Å²) >= 11 is 19.2. The van der Waals surface area contributed by atoms with Gasteiger partial charge in [0.05, 0.1) is 6.54 Å². The molecule has 0 aromatic carbocycles. The normalized spacial score (nSPS) is 11.0. The number of carbonyl (C=O) groups excluding carboxylic acids is 1. The van der Waals surface area contributed by atoms with Gasteiger partial charge in [0.25, 0.3) is 0 Å². The van der Waals surface area contributed by atoms with Gasteiger partial charge in [-0.15, -0.1) is 0 Å². The number of alkyl halides is 4. The van der Waals surface area contributed by atoms with Gasteiger partial charge in [-0.3, -0.25) is 0 Å². The van der Waals surface area contributed by atoms with Crippen molar-refractivity contribution in [3.63, 3.8) is 0 Å². The van der Waals surface area contributed by atoms with Gasteiger partial charge in [0, 0.05) is 5.33 Å². The second-order valence-electron chi connectivity index (χ2n) is 1.79. The van der Waals surface area contributed by atoms with Crippen LogP contribution in [0.4, 0.5) is 4.79 Å². The highest BCUT2D eigenvalue weighted by Gasteiger charge is 2.20. The van der Waals surface area contributed by atoms with Crippen LogP contribution in [0, 0.1) is 0 Å². The van der Waals surface area contributed by atoms with Crippen molar-refractivity contribution in [1.82, 2.24) is 5.32 Å².